The Kier molecular flexibility index (Phi) is 6.01. The number of carbonyl (C=O) groups excluding carboxylic acids is 1. The van der Waals surface area contributed by atoms with Crippen LogP contribution >= 0.6 is 15.9 Å². The minimum atomic E-state index is -0.413. The summed E-state index contributed by atoms with van der Waals surface area (Å²) in [6.45, 7) is 2.00. The molecule has 1 saturated carbocycles. The summed E-state index contributed by atoms with van der Waals surface area (Å²) in [6, 6.07) is 5.38. The average molecular weight is 541 g/mol. The molecular weight excluding hydrogens is 516 g/mol. The molecule has 4 aromatic rings. The summed E-state index contributed by atoms with van der Waals surface area (Å²) in [4.78, 5) is 38.6. The Bertz CT molecular complexity index is 1500. The van der Waals surface area contributed by atoms with Gasteiger partial charge in [-0.3, -0.25) is 14.2 Å². The number of halogens is 1. The zero-order valence-corrected chi connectivity index (χ0v) is 20.9. The molecule has 0 radical (unpaired) electrons. The fourth-order valence-corrected chi connectivity index (χ4v) is 5.16. The normalized spacial score (nSPS) is 19.9. The van der Waals surface area contributed by atoms with Gasteiger partial charge in [0, 0.05) is 24.7 Å². The molecule has 3 N–H and O–H groups in total. The van der Waals surface area contributed by atoms with Crippen molar-refractivity contribution >= 4 is 49.7 Å². The molecule has 0 bridgehead atoms. The Labute approximate surface area is 208 Å². The van der Waals surface area contributed by atoms with Gasteiger partial charge in [0.25, 0.3) is 5.56 Å². The summed E-state index contributed by atoms with van der Waals surface area (Å²) >= 11 is 3.48. The number of carbonyl (C=O) groups is 1. The molecule has 1 aromatic carbocycles. The molecule has 1 aliphatic carbocycles. The van der Waals surface area contributed by atoms with Crippen molar-refractivity contribution in [2.45, 2.75) is 38.8 Å². The molecule has 1 fully saturated rings. The van der Waals surface area contributed by atoms with E-state index in [4.69, 9.17) is 4.98 Å². The molecule has 0 saturated heterocycles. The Morgan fingerprint density at radius 3 is 2.91 bits per heavy atom. The second-order valence-corrected chi connectivity index (χ2v) is 9.78. The van der Waals surface area contributed by atoms with Crippen molar-refractivity contribution in [3.8, 4) is 5.69 Å². The lowest BCUT2D eigenvalue weighted by Gasteiger charge is -2.22. The van der Waals surface area contributed by atoms with E-state index in [-0.39, 0.29) is 30.7 Å². The second-order valence-electron chi connectivity index (χ2n) is 9.03. The molecule has 3 heterocycles. The molecule has 0 unspecified atom stereocenters. The summed E-state index contributed by atoms with van der Waals surface area (Å²) in [6.07, 6.45) is 5.45. The minimum absolute atomic E-state index is 0.0454. The number of nitrogens with zero attached hydrogens (tertiary/aromatic N) is 6. The van der Waals surface area contributed by atoms with Crippen molar-refractivity contribution in [3.63, 3.8) is 0 Å². The Morgan fingerprint density at radius 1 is 1.31 bits per heavy atom. The largest absolute Gasteiger partial charge is 0.395 e. The Hall–Kier alpha value is -3.38. The molecule has 12 heteroatoms. The molecule has 3 aromatic heterocycles. The van der Waals surface area contributed by atoms with Crippen molar-refractivity contribution in [2.75, 3.05) is 19.0 Å². The first-order valence-corrected chi connectivity index (χ1v) is 12.1. The Balaban J connectivity index is 1.50. The second kappa shape index (κ2) is 9.00. The number of rotatable bonds is 6. The van der Waals surface area contributed by atoms with Gasteiger partial charge in [-0.2, -0.15) is 10.1 Å². The van der Waals surface area contributed by atoms with Crippen molar-refractivity contribution in [1.82, 2.24) is 34.6 Å². The molecule has 1 amide bonds. The molecule has 1 aliphatic rings. The van der Waals surface area contributed by atoms with Crippen LogP contribution in [0.5, 0.6) is 0 Å². The lowest BCUT2D eigenvalue weighted by molar-refractivity contribution is -0.129. The van der Waals surface area contributed by atoms with Crippen LogP contribution in [0.1, 0.15) is 26.2 Å². The van der Waals surface area contributed by atoms with Crippen LogP contribution < -0.4 is 16.2 Å². The molecule has 0 spiro atoms. The van der Waals surface area contributed by atoms with Gasteiger partial charge >= 0.3 is 0 Å². The van der Waals surface area contributed by atoms with E-state index in [2.05, 4.69) is 41.6 Å². The number of aromatic nitrogens is 6. The first-order valence-electron chi connectivity index (χ1n) is 11.3. The van der Waals surface area contributed by atoms with Gasteiger partial charge in [0.05, 0.1) is 41.5 Å². The molecule has 2 atom stereocenters. The van der Waals surface area contributed by atoms with Crippen molar-refractivity contribution in [2.24, 2.45) is 5.41 Å². The topological polar surface area (TPSA) is 140 Å². The van der Waals surface area contributed by atoms with Gasteiger partial charge in [0.2, 0.25) is 11.9 Å². The van der Waals surface area contributed by atoms with E-state index in [0.717, 1.165) is 18.2 Å². The van der Waals surface area contributed by atoms with E-state index >= 15 is 0 Å². The highest BCUT2D eigenvalue weighted by atomic mass is 79.9. The van der Waals surface area contributed by atoms with E-state index in [0.29, 0.717) is 39.2 Å². The number of hydrogen-bond donors (Lipinski definition) is 3. The van der Waals surface area contributed by atoms with Crippen LogP contribution in [0.4, 0.5) is 5.95 Å². The summed E-state index contributed by atoms with van der Waals surface area (Å²) in [5.41, 5.74) is 1.12. The lowest BCUT2D eigenvalue weighted by Crippen LogP contribution is -2.35. The smallest absolute Gasteiger partial charge is 0.261 e. The van der Waals surface area contributed by atoms with Crippen LogP contribution in [-0.4, -0.2) is 60.0 Å². The summed E-state index contributed by atoms with van der Waals surface area (Å²) < 4.78 is 3.61. The molecular formula is C23H25BrN8O3. The van der Waals surface area contributed by atoms with Crippen LogP contribution in [0.3, 0.4) is 0 Å². The van der Waals surface area contributed by atoms with E-state index < -0.39 is 5.41 Å². The van der Waals surface area contributed by atoms with Gasteiger partial charge < -0.3 is 15.7 Å². The number of hydrogen-bond acceptors (Lipinski definition) is 8. The maximum Gasteiger partial charge on any atom is 0.261 e. The minimum Gasteiger partial charge on any atom is -0.395 e. The summed E-state index contributed by atoms with van der Waals surface area (Å²) in [5, 5.41) is 21.1. The van der Waals surface area contributed by atoms with Gasteiger partial charge in [-0.1, -0.05) is 6.92 Å². The average Bonchev–Trinajstić information content (AvgIpc) is 3.40. The zero-order chi connectivity index (χ0) is 24.7. The fourth-order valence-electron chi connectivity index (χ4n) is 4.72. The Morgan fingerprint density at radius 2 is 2.14 bits per heavy atom. The number of benzene rings is 1. The quantitative estimate of drug-likeness (QED) is 0.337. The number of fused-ring (bicyclic) bond motifs is 2. The zero-order valence-electron chi connectivity index (χ0n) is 19.3. The monoisotopic (exact) mass is 540 g/mol. The van der Waals surface area contributed by atoms with Gasteiger partial charge in [-0.25, -0.2) is 14.6 Å². The maximum absolute atomic E-state index is 12.8. The highest BCUT2D eigenvalue weighted by Crippen LogP contribution is 2.39. The SMILES string of the molecule is CNC(=O)[C@]1(C)CC[C@@H](Nc2ncc3c(Br)nn(-c4ccc5ncn(CCO)c(=O)c5c4)c3n2)C1. The number of nitrogens with one attached hydrogen (secondary N) is 2. The predicted molar refractivity (Wildman–Crippen MR) is 134 cm³/mol. The number of aliphatic hydroxyl groups is 1. The van der Waals surface area contributed by atoms with Gasteiger partial charge in [-0.15, -0.1) is 0 Å². The highest BCUT2D eigenvalue weighted by Gasteiger charge is 2.41. The first kappa shape index (κ1) is 23.4. The third-order valence-electron chi connectivity index (χ3n) is 6.62. The van der Waals surface area contributed by atoms with Crippen molar-refractivity contribution in [3.05, 3.63) is 45.7 Å². The number of anilines is 1. The van der Waals surface area contributed by atoms with Gasteiger partial charge in [0.15, 0.2) is 5.65 Å². The van der Waals surface area contributed by atoms with E-state index in [1.165, 1.54) is 10.9 Å². The van der Waals surface area contributed by atoms with Crippen LogP contribution in [0.15, 0.2) is 40.1 Å². The van der Waals surface area contributed by atoms with Crippen LogP contribution in [0, 0.1) is 5.41 Å². The van der Waals surface area contributed by atoms with E-state index in [1.807, 2.05) is 13.0 Å². The van der Waals surface area contributed by atoms with E-state index in [1.54, 1.807) is 30.1 Å². The molecule has 0 aliphatic heterocycles. The highest BCUT2D eigenvalue weighted by molar-refractivity contribution is 9.10. The van der Waals surface area contributed by atoms with Crippen LogP contribution in [0.2, 0.25) is 0 Å². The first-order chi connectivity index (χ1) is 16.8. The summed E-state index contributed by atoms with van der Waals surface area (Å²) in [7, 11) is 1.66. The summed E-state index contributed by atoms with van der Waals surface area (Å²) in [5.74, 6) is 0.495. The van der Waals surface area contributed by atoms with E-state index in [9.17, 15) is 14.7 Å². The molecule has 182 valence electrons. The molecule has 35 heavy (non-hydrogen) atoms. The number of aliphatic hydroxyl groups excluding tert-OH is 1. The predicted octanol–water partition coefficient (Wildman–Crippen LogP) is 2.00. The molecule has 5 rings (SSSR count). The third kappa shape index (κ3) is 4.16. The maximum atomic E-state index is 12.8. The van der Waals surface area contributed by atoms with Gasteiger partial charge in [0.1, 0.15) is 4.60 Å². The third-order valence-corrected chi connectivity index (χ3v) is 7.21. The van der Waals surface area contributed by atoms with Crippen molar-refractivity contribution < 1.29 is 9.90 Å². The van der Waals surface area contributed by atoms with Crippen LogP contribution in [-0.2, 0) is 11.3 Å². The fraction of sp³-hybridized carbons (Fsp3) is 0.391. The number of amides is 1. The molecule has 11 nitrogen and oxygen atoms in total. The van der Waals surface area contributed by atoms with Crippen molar-refractivity contribution in [1.29, 1.82) is 0 Å². The standard InChI is InChI=1S/C23H25BrN8O3/c1-23(21(35)25-2)6-5-13(10-23)28-22-26-11-16-18(24)30-32(19(16)29-22)14-3-4-17-15(9-14)20(34)31(7-8-33)12-27-17/h3-4,9,11-13,33H,5-8,10H2,1-2H3,(H,25,35)(H,26,28,29)/t13-,23-/m1/s1. The lowest BCUT2D eigenvalue weighted by atomic mass is 9.87. The van der Waals surface area contributed by atoms with Crippen LogP contribution in [0.25, 0.3) is 27.6 Å². The van der Waals surface area contributed by atoms with Gasteiger partial charge in [-0.05, 0) is 53.4 Å².